The zero-order chi connectivity index (χ0) is 18.2. The van der Waals surface area contributed by atoms with E-state index in [9.17, 15) is 13.2 Å². The first-order valence-electron chi connectivity index (χ1n) is 7.71. The lowest BCUT2D eigenvalue weighted by atomic mass is 10.2. The fourth-order valence-corrected chi connectivity index (χ4v) is 3.45. The molecule has 0 spiro atoms. The normalized spacial score (nSPS) is 11.8. The predicted molar refractivity (Wildman–Crippen MR) is 95.4 cm³/mol. The van der Waals surface area contributed by atoms with Gasteiger partial charge in [-0.2, -0.15) is 5.10 Å². The van der Waals surface area contributed by atoms with Gasteiger partial charge in [0, 0.05) is 17.7 Å². The van der Waals surface area contributed by atoms with Gasteiger partial charge in [0.25, 0.3) is 5.91 Å². The summed E-state index contributed by atoms with van der Waals surface area (Å²) in [5.41, 5.74) is 1.30. The monoisotopic (exact) mass is 358 g/mol. The molecule has 0 saturated carbocycles. The van der Waals surface area contributed by atoms with Gasteiger partial charge in [0.15, 0.2) is 15.5 Å². The predicted octanol–water partition coefficient (Wildman–Crippen LogP) is 2.67. The summed E-state index contributed by atoms with van der Waals surface area (Å²) in [4.78, 5) is 16.8. The Kier molecular flexibility index (Phi) is 4.30. The fourth-order valence-electron chi connectivity index (χ4n) is 2.56. The van der Waals surface area contributed by atoms with Crippen molar-refractivity contribution in [1.29, 1.82) is 0 Å². The van der Waals surface area contributed by atoms with Crippen molar-refractivity contribution in [1.82, 2.24) is 14.8 Å². The van der Waals surface area contributed by atoms with Crippen LogP contribution in [0.1, 0.15) is 30.2 Å². The second-order valence-electron chi connectivity index (χ2n) is 6.04. The van der Waals surface area contributed by atoms with Gasteiger partial charge in [0.1, 0.15) is 0 Å². The van der Waals surface area contributed by atoms with Gasteiger partial charge in [-0.05, 0) is 32.0 Å². The minimum atomic E-state index is -3.50. The summed E-state index contributed by atoms with van der Waals surface area (Å²) in [6.45, 7) is 4.01. The van der Waals surface area contributed by atoms with E-state index in [4.69, 9.17) is 0 Å². The molecule has 2 heterocycles. The second kappa shape index (κ2) is 6.29. The average molecular weight is 358 g/mol. The molecule has 3 rings (SSSR count). The van der Waals surface area contributed by atoms with Crippen molar-refractivity contribution in [2.75, 3.05) is 11.6 Å². The van der Waals surface area contributed by atoms with Crippen LogP contribution in [0.5, 0.6) is 0 Å². The van der Waals surface area contributed by atoms with Crippen LogP contribution in [-0.2, 0) is 9.84 Å². The molecule has 1 amide bonds. The van der Waals surface area contributed by atoms with Crippen molar-refractivity contribution in [2.45, 2.75) is 24.8 Å². The fraction of sp³-hybridized carbons (Fsp3) is 0.235. The molecule has 3 aromatic rings. The van der Waals surface area contributed by atoms with Crippen LogP contribution in [0.3, 0.4) is 0 Å². The van der Waals surface area contributed by atoms with Crippen LogP contribution < -0.4 is 5.32 Å². The summed E-state index contributed by atoms with van der Waals surface area (Å²) >= 11 is 0. The van der Waals surface area contributed by atoms with Crippen LogP contribution in [0.15, 0.2) is 47.6 Å². The quantitative estimate of drug-likeness (QED) is 0.774. The molecule has 2 aromatic heterocycles. The van der Waals surface area contributed by atoms with E-state index in [-0.39, 0.29) is 16.5 Å². The van der Waals surface area contributed by atoms with E-state index in [0.29, 0.717) is 5.69 Å². The van der Waals surface area contributed by atoms with Crippen LogP contribution >= 0.6 is 0 Å². The summed E-state index contributed by atoms with van der Waals surface area (Å²) in [6.07, 6.45) is 4.29. The van der Waals surface area contributed by atoms with E-state index in [1.807, 2.05) is 13.8 Å². The van der Waals surface area contributed by atoms with Crippen LogP contribution in [0, 0.1) is 0 Å². The Balaban J connectivity index is 1.93. The molecule has 8 heteroatoms. The summed E-state index contributed by atoms with van der Waals surface area (Å²) in [7, 11) is -3.50. The zero-order valence-electron chi connectivity index (χ0n) is 14.1. The third-order valence-electron chi connectivity index (χ3n) is 3.71. The van der Waals surface area contributed by atoms with E-state index in [0.717, 1.165) is 17.3 Å². The molecule has 0 aliphatic rings. The van der Waals surface area contributed by atoms with Gasteiger partial charge in [0.05, 0.1) is 28.5 Å². The first-order chi connectivity index (χ1) is 11.8. The Hall–Kier alpha value is -2.74. The molecular formula is C17H18N4O3S. The van der Waals surface area contributed by atoms with Crippen LogP contribution in [0.25, 0.3) is 11.0 Å². The minimum Gasteiger partial charge on any atom is -0.321 e. The molecule has 1 aromatic carbocycles. The standard InChI is InChI=1S/C17H18N4O3S/c1-11(2)21-16-12(9-19-21)8-13(10-18-16)20-17(22)14-6-4-5-7-15(14)25(3,23)24/h4-11H,1-3H3,(H,20,22). The van der Waals surface area contributed by atoms with Crippen molar-refractivity contribution in [3.05, 3.63) is 48.3 Å². The van der Waals surface area contributed by atoms with Crippen molar-refractivity contribution >= 4 is 32.5 Å². The Labute approximate surface area is 145 Å². The number of rotatable bonds is 4. The van der Waals surface area contributed by atoms with Crippen molar-refractivity contribution < 1.29 is 13.2 Å². The lowest BCUT2D eigenvalue weighted by Gasteiger charge is -2.09. The van der Waals surface area contributed by atoms with Crippen LogP contribution in [-0.4, -0.2) is 35.3 Å². The van der Waals surface area contributed by atoms with Gasteiger partial charge in [-0.25, -0.2) is 18.1 Å². The highest BCUT2D eigenvalue weighted by Gasteiger charge is 2.18. The van der Waals surface area contributed by atoms with Crippen molar-refractivity contribution in [3.63, 3.8) is 0 Å². The first-order valence-corrected chi connectivity index (χ1v) is 9.60. The molecule has 0 fully saturated rings. The van der Waals surface area contributed by atoms with Gasteiger partial charge in [0.2, 0.25) is 0 Å². The third-order valence-corrected chi connectivity index (χ3v) is 4.87. The van der Waals surface area contributed by atoms with Crippen molar-refractivity contribution in [3.8, 4) is 0 Å². The first kappa shape index (κ1) is 17.1. The molecule has 0 saturated heterocycles. The van der Waals surface area contributed by atoms with Crippen LogP contribution in [0.4, 0.5) is 5.69 Å². The van der Waals surface area contributed by atoms with E-state index < -0.39 is 15.7 Å². The Morgan fingerprint density at radius 3 is 2.60 bits per heavy atom. The Bertz CT molecular complexity index is 1050. The number of fused-ring (bicyclic) bond motifs is 1. The number of aromatic nitrogens is 3. The second-order valence-corrected chi connectivity index (χ2v) is 8.03. The average Bonchev–Trinajstić information content (AvgIpc) is 2.97. The number of carbonyl (C=O) groups excluding carboxylic acids is 1. The molecule has 25 heavy (non-hydrogen) atoms. The highest BCUT2D eigenvalue weighted by atomic mass is 32.2. The number of benzene rings is 1. The summed E-state index contributed by atoms with van der Waals surface area (Å²) in [5, 5.41) is 7.77. The highest BCUT2D eigenvalue weighted by molar-refractivity contribution is 7.90. The summed E-state index contributed by atoms with van der Waals surface area (Å²) < 4.78 is 25.5. The third kappa shape index (κ3) is 3.39. The van der Waals surface area contributed by atoms with Crippen molar-refractivity contribution in [2.24, 2.45) is 0 Å². The molecular weight excluding hydrogens is 340 g/mol. The number of anilines is 1. The molecule has 1 N–H and O–H groups in total. The van der Waals surface area contributed by atoms with E-state index in [1.165, 1.54) is 18.3 Å². The number of pyridine rings is 1. The number of carbonyl (C=O) groups is 1. The lowest BCUT2D eigenvalue weighted by Crippen LogP contribution is -2.16. The topological polar surface area (TPSA) is 94.0 Å². The minimum absolute atomic E-state index is 0.00540. The molecule has 0 bridgehead atoms. The number of hydrogen-bond donors (Lipinski definition) is 1. The van der Waals surface area contributed by atoms with Gasteiger partial charge in [-0.15, -0.1) is 0 Å². The van der Waals surface area contributed by atoms with Crippen LogP contribution in [0.2, 0.25) is 0 Å². The molecule has 0 radical (unpaired) electrons. The number of nitrogens with one attached hydrogen (secondary N) is 1. The maximum Gasteiger partial charge on any atom is 0.257 e. The van der Waals surface area contributed by atoms with E-state index in [1.54, 1.807) is 29.1 Å². The lowest BCUT2D eigenvalue weighted by molar-refractivity contribution is 0.102. The zero-order valence-corrected chi connectivity index (χ0v) is 14.9. The Morgan fingerprint density at radius 1 is 1.20 bits per heavy atom. The maximum atomic E-state index is 12.5. The number of sulfone groups is 1. The SMILES string of the molecule is CC(C)n1ncc2cc(NC(=O)c3ccccc3S(C)(=O)=O)cnc21. The molecule has 0 aliphatic carbocycles. The van der Waals surface area contributed by atoms with Gasteiger partial charge in [-0.1, -0.05) is 12.1 Å². The number of amides is 1. The Morgan fingerprint density at radius 2 is 1.92 bits per heavy atom. The van der Waals surface area contributed by atoms with E-state index in [2.05, 4.69) is 15.4 Å². The van der Waals surface area contributed by atoms with Gasteiger partial charge in [-0.3, -0.25) is 4.79 Å². The number of nitrogens with zero attached hydrogens (tertiary/aromatic N) is 3. The molecule has 0 unspecified atom stereocenters. The van der Waals surface area contributed by atoms with E-state index >= 15 is 0 Å². The van der Waals surface area contributed by atoms with Gasteiger partial charge >= 0.3 is 0 Å². The summed E-state index contributed by atoms with van der Waals surface area (Å²) in [6, 6.07) is 8.04. The highest BCUT2D eigenvalue weighted by Crippen LogP contribution is 2.21. The van der Waals surface area contributed by atoms with Gasteiger partial charge < -0.3 is 5.32 Å². The number of hydrogen-bond acceptors (Lipinski definition) is 5. The molecule has 0 aliphatic heterocycles. The largest absolute Gasteiger partial charge is 0.321 e. The maximum absolute atomic E-state index is 12.5. The molecule has 0 atom stereocenters. The molecule has 7 nitrogen and oxygen atoms in total. The smallest absolute Gasteiger partial charge is 0.257 e. The summed E-state index contributed by atoms with van der Waals surface area (Å²) in [5.74, 6) is -0.501. The molecule has 130 valence electrons.